The van der Waals surface area contributed by atoms with Crippen LogP contribution < -0.4 is 5.56 Å². The molecule has 0 amide bonds. The fourth-order valence-corrected chi connectivity index (χ4v) is 1.70. The lowest BCUT2D eigenvalue weighted by molar-refractivity contribution is 0.0694. The number of pyridine rings is 1. The van der Waals surface area contributed by atoms with Crippen molar-refractivity contribution in [3.63, 3.8) is 0 Å². The number of aromatic nitrogens is 1. The summed E-state index contributed by atoms with van der Waals surface area (Å²) in [5.74, 6) is -3.52. The van der Waals surface area contributed by atoms with Gasteiger partial charge in [-0.25, -0.2) is 13.6 Å². The molecule has 1 heterocycles. The molecule has 4 nitrogen and oxygen atoms in total. The standard InChI is InChI=1S/C13H9F2NO3/c1-7-4-9(13(18)19)12(17)16(6-7)8-2-3-10(14)11(15)5-8/h2-6H,1H3,(H,18,19). The van der Waals surface area contributed by atoms with Crippen LogP contribution in [0.5, 0.6) is 0 Å². The molecule has 0 spiro atoms. The van der Waals surface area contributed by atoms with E-state index in [9.17, 15) is 18.4 Å². The van der Waals surface area contributed by atoms with Crippen molar-refractivity contribution in [2.75, 3.05) is 0 Å². The maximum absolute atomic E-state index is 13.1. The normalized spacial score (nSPS) is 10.5. The van der Waals surface area contributed by atoms with Crippen LogP contribution in [0, 0.1) is 18.6 Å². The van der Waals surface area contributed by atoms with Crippen molar-refractivity contribution in [3.05, 3.63) is 63.6 Å². The van der Waals surface area contributed by atoms with Gasteiger partial charge in [-0.15, -0.1) is 0 Å². The van der Waals surface area contributed by atoms with Crippen LogP contribution >= 0.6 is 0 Å². The third kappa shape index (κ3) is 2.37. The molecule has 0 bridgehead atoms. The van der Waals surface area contributed by atoms with Crippen LogP contribution in [0.25, 0.3) is 5.69 Å². The molecule has 1 aromatic carbocycles. The molecule has 19 heavy (non-hydrogen) atoms. The number of halogens is 2. The Morgan fingerprint density at radius 2 is 1.89 bits per heavy atom. The monoisotopic (exact) mass is 265 g/mol. The van der Waals surface area contributed by atoms with Gasteiger partial charge in [0, 0.05) is 12.3 Å². The van der Waals surface area contributed by atoms with Crippen molar-refractivity contribution in [1.29, 1.82) is 0 Å². The molecule has 0 radical (unpaired) electrons. The van der Waals surface area contributed by atoms with Crippen molar-refractivity contribution in [2.24, 2.45) is 0 Å². The number of aryl methyl sites for hydroxylation is 1. The Hall–Kier alpha value is -2.50. The SMILES string of the molecule is Cc1cc(C(=O)O)c(=O)n(-c2ccc(F)c(F)c2)c1. The van der Waals surface area contributed by atoms with Crippen molar-refractivity contribution < 1.29 is 18.7 Å². The van der Waals surface area contributed by atoms with Gasteiger partial charge in [-0.3, -0.25) is 9.36 Å². The molecule has 2 rings (SSSR count). The van der Waals surface area contributed by atoms with Gasteiger partial charge in [0.15, 0.2) is 11.6 Å². The molecule has 2 aromatic rings. The molecule has 0 aliphatic rings. The molecule has 6 heteroatoms. The van der Waals surface area contributed by atoms with E-state index in [2.05, 4.69) is 0 Å². The fourth-order valence-electron chi connectivity index (χ4n) is 1.70. The second-order valence-electron chi connectivity index (χ2n) is 4.01. The van der Waals surface area contributed by atoms with Gasteiger partial charge in [0.25, 0.3) is 5.56 Å². The zero-order chi connectivity index (χ0) is 14.2. The summed E-state index contributed by atoms with van der Waals surface area (Å²) >= 11 is 0. The van der Waals surface area contributed by atoms with Gasteiger partial charge in [0.05, 0.1) is 5.69 Å². The minimum atomic E-state index is -1.37. The summed E-state index contributed by atoms with van der Waals surface area (Å²) in [4.78, 5) is 22.9. The Bertz CT molecular complexity index is 722. The molecule has 0 aliphatic heterocycles. The molecule has 0 aliphatic carbocycles. The van der Waals surface area contributed by atoms with E-state index in [0.29, 0.717) is 5.56 Å². The maximum Gasteiger partial charge on any atom is 0.341 e. The molecule has 0 atom stereocenters. The minimum Gasteiger partial charge on any atom is -0.477 e. The number of rotatable bonds is 2. The van der Waals surface area contributed by atoms with Crippen LogP contribution in [-0.2, 0) is 0 Å². The molecular weight excluding hydrogens is 256 g/mol. The number of carboxylic acids is 1. The van der Waals surface area contributed by atoms with Crippen molar-refractivity contribution in [3.8, 4) is 5.69 Å². The van der Waals surface area contributed by atoms with E-state index in [-0.39, 0.29) is 5.69 Å². The lowest BCUT2D eigenvalue weighted by Crippen LogP contribution is -2.25. The largest absolute Gasteiger partial charge is 0.477 e. The summed E-state index contributed by atoms with van der Waals surface area (Å²) in [5.41, 5.74) is -0.648. The molecule has 0 saturated heterocycles. The lowest BCUT2D eigenvalue weighted by atomic mass is 10.2. The average molecular weight is 265 g/mol. The van der Waals surface area contributed by atoms with Gasteiger partial charge in [0.1, 0.15) is 5.56 Å². The predicted molar refractivity (Wildman–Crippen MR) is 63.7 cm³/mol. The first-order valence-corrected chi connectivity index (χ1v) is 5.32. The second kappa shape index (κ2) is 4.64. The Balaban J connectivity index is 2.72. The van der Waals surface area contributed by atoms with Gasteiger partial charge < -0.3 is 5.11 Å². The van der Waals surface area contributed by atoms with Crippen LogP contribution in [0.2, 0.25) is 0 Å². The van der Waals surface area contributed by atoms with E-state index in [1.54, 1.807) is 6.92 Å². The molecular formula is C13H9F2NO3. The zero-order valence-corrected chi connectivity index (χ0v) is 9.85. The van der Waals surface area contributed by atoms with Gasteiger partial charge in [-0.2, -0.15) is 0 Å². The Kier molecular flexibility index (Phi) is 3.16. The number of carboxylic acid groups (broad SMARTS) is 1. The van der Waals surface area contributed by atoms with E-state index < -0.39 is 28.7 Å². The average Bonchev–Trinajstić information content (AvgIpc) is 2.35. The topological polar surface area (TPSA) is 59.3 Å². The van der Waals surface area contributed by atoms with Crippen LogP contribution in [0.4, 0.5) is 8.78 Å². The van der Waals surface area contributed by atoms with Gasteiger partial charge in [-0.05, 0) is 30.7 Å². The summed E-state index contributed by atoms with van der Waals surface area (Å²) in [6, 6.07) is 4.13. The maximum atomic E-state index is 13.1. The van der Waals surface area contributed by atoms with Crippen LogP contribution in [-0.4, -0.2) is 15.6 Å². The highest BCUT2D eigenvalue weighted by molar-refractivity contribution is 5.87. The highest BCUT2D eigenvalue weighted by atomic mass is 19.2. The predicted octanol–water partition coefficient (Wildman–Crippen LogP) is 2.12. The zero-order valence-electron chi connectivity index (χ0n) is 9.85. The van der Waals surface area contributed by atoms with E-state index >= 15 is 0 Å². The molecule has 0 unspecified atom stereocenters. The summed E-state index contributed by atoms with van der Waals surface area (Å²) < 4.78 is 27.0. The smallest absolute Gasteiger partial charge is 0.341 e. The van der Waals surface area contributed by atoms with Crippen LogP contribution in [0.3, 0.4) is 0 Å². The highest BCUT2D eigenvalue weighted by Crippen LogP contribution is 2.12. The molecule has 1 N–H and O–H groups in total. The van der Waals surface area contributed by atoms with Crippen LogP contribution in [0.15, 0.2) is 35.3 Å². The second-order valence-corrected chi connectivity index (χ2v) is 4.01. The van der Waals surface area contributed by atoms with E-state index in [1.165, 1.54) is 18.3 Å². The van der Waals surface area contributed by atoms with Gasteiger partial charge in [0.2, 0.25) is 0 Å². The Morgan fingerprint density at radius 3 is 2.47 bits per heavy atom. The number of benzene rings is 1. The number of carbonyl (C=O) groups is 1. The summed E-state index contributed by atoms with van der Waals surface area (Å²) in [6.45, 7) is 1.60. The minimum absolute atomic E-state index is 0.0649. The van der Waals surface area contributed by atoms with Gasteiger partial charge in [-0.1, -0.05) is 0 Å². The highest BCUT2D eigenvalue weighted by Gasteiger charge is 2.13. The molecule has 0 saturated carbocycles. The lowest BCUT2D eigenvalue weighted by Gasteiger charge is -2.08. The quantitative estimate of drug-likeness (QED) is 0.904. The van der Waals surface area contributed by atoms with Crippen molar-refractivity contribution in [2.45, 2.75) is 6.92 Å². The number of hydrogen-bond donors (Lipinski definition) is 1. The third-order valence-corrected chi connectivity index (χ3v) is 2.57. The molecule has 0 fully saturated rings. The Labute approximate surface area is 106 Å². The number of hydrogen-bond acceptors (Lipinski definition) is 2. The fraction of sp³-hybridized carbons (Fsp3) is 0.0769. The summed E-state index contributed by atoms with van der Waals surface area (Å²) in [7, 11) is 0. The summed E-state index contributed by atoms with van der Waals surface area (Å²) in [6.07, 6.45) is 1.36. The Morgan fingerprint density at radius 1 is 1.21 bits per heavy atom. The summed E-state index contributed by atoms with van der Waals surface area (Å²) in [5, 5.41) is 8.91. The van der Waals surface area contributed by atoms with Crippen molar-refractivity contribution in [1.82, 2.24) is 4.57 Å². The number of aromatic carboxylic acids is 1. The van der Waals surface area contributed by atoms with Crippen LogP contribution in [0.1, 0.15) is 15.9 Å². The van der Waals surface area contributed by atoms with E-state index in [1.807, 2.05) is 0 Å². The van der Waals surface area contributed by atoms with E-state index in [0.717, 1.165) is 16.7 Å². The first-order valence-electron chi connectivity index (χ1n) is 5.32. The first kappa shape index (κ1) is 12.9. The third-order valence-electron chi connectivity index (χ3n) is 2.57. The van der Waals surface area contributed by atoms with Gasteiger partial charge >= 0.3 is 5.97 Å². The molecule has 1 aromatic heterocycles. The van der Waals surface area contributed by atoms with E-state index in [4.69, 9.17) is 5.11 Å². The van der Waals surface area contributed by atoms with Crippen molar-refractivity contribution >= 4 is 5.97 Å². The number of nitrogens with zero attached hydrogens (tertiary/aromatic N) is 1. The molecule has 98 valence electrons. The first-order chi connectivity index (χ1) is 8.90.